The van der Waals surface area contributed by atoms with Crippen LogP contribution in [0.4, 0.5) is 0 Å². The van der Waals surface area contributed by atoms with Gasteiger partial charge in [-0.1, -0.05) is 6.92 Å². The summed E-state index contributed by atoms with van der Waals surface area (Å²) in [5.74, 6) is 1.08. The minimum Gasteiger partial charge on any atom is -0.378 e. The fraction of sp³-hybridized carbons (Fsp3) is 1.00. The third-order valence-electron chi connectivity index (χ3n) is 4.56. The van der Waals surface area contributed by atoms with Crippen LogP contribution in [0.5, 0.6) is 0 Å². The summed E-state index contributed by atoms with van der Waals surface area (Å²) in [6, 6.07) is 0.369. The van der Waals surface area contributed by atoms with Crippen LogP contribution >= 0.6 is 0 Å². The average Bonchev–Trinajstić information content (AvgIpc) is 3.03. The molecule has 20 heavy (non-hydrogen) atoms. The highest BCUT2D eigenvalue weighted by Gasteiger charge is 2.33. The summed E-state index contributed by atoms with van der Waals surface area (Å²) in [6.45, 7) is 4.06. The van der Waals surface area contributed by atoms with Crippen LogP contribution in [0.2, 0.25) is 0 Å². The van der Waals surface area contributed by atoms with Gasteiger partial charge >= 0.3 is 0 Å². The zero-order valence-electron chi connectivity index (χ0n) is 12.6. The Morgan fingerprint density at radius 1 is 1.35 bits per heavy atom. The van der Waals surface area contributed by atoms with Crippen molar-refractivity contribution in [3.8, 4) is 0 Å². The summed E-state index contributed by atoms with van der Waals surface area (Å²) in [5, 5.41) is 3.57. The summed E-state index contributed by atoms with van der Waals surface area (Å²) >= 11 is 0. The predicted molar refractivity (Wildman–Crippen MR) is 81.7 cm³/mol. The lowest BCUT2D eigenvalue weighted by Gasteiger charge is -2.24. The van der Waals surface area contributed by atoms with Crippen molar-refractivity contribution in [1.29, 1.82) is 0 Å². The average molecular weight is 303 g/mol. The van der Waals surface area contributed by atoms with Crippen molar-refractivity contribution < 1.29 is 13.2 Å². The lowest BCUT2D eigenvalue weighted by atomic mass is 9.93. The fourth-order valence-electron chi connectivity index (χ4n) is 3.41. The van der Waals surface area contributed by atoms with E-state index in [4.69, 9.17) is 4.74 Å². The molecule has 2 aliphatic heterocycles. The lowest BCUT2D eigenvalue weighted by Crippen LogP contribution is -2.37. The van der Waals surface area contributed by atoms with Crippen LogP contribution in [0, 0.1) is 5.92 Å². The van der Waals surface area contributed by atoms with Crippen molar-refractivity contribution in [1.82, 2.24) is 5.32 Å². The van der Waals surface area contributed by atoms with Crippen molar-refractivity contribution in [2.24, 2.45) is 5.92 Å². The quantitative estimate of drug-likeness (QED) is 0.746. The van der Waals surface area contributed by atoms with Gasteiger partial charge in [0.15, 0.2) is 9.84 Å². The summed E-state index contributed by atoms with van der Waals surface area (Å²) in [7, 11) is -2.77. The fourth-order valence-corrected chi connectivity index (χ4v) is 5.29. The molecule has 0 bridgehead atoms. The van der Waals surface area contributed by atoms with Crippen molar-refractivity contribution in [2.45, 2.75) is 64.0 Å². The Balaban J connectivity index is 1.77. The SMILES string of the molecule is CCCNC(CCCC1CCCO1)C1CCS(=O)(=O)C1. The Hall–Kier alpha value is -0.130. The summed E-state index contributed by atoms with van der Waals surface area (Å²) in [5.41, 5.74) is 0. The zero-order valence-corrected chi connectivity index (χ0v) is 13.5. The topological polar surface area (TPSA) is 55.4 Å². The molecular weight excluding hydrogens is 274 g/mol. The minimum absolute atomic E-state index is 0.316. The van der Waals surface area contributed by atoms with Crippen molar-refractivity contribution in [2.75, 3.05) is 24.7 Å². The van der Waals surface area contributed by atoms with Crippen LogP contribution in [-0.4, -0.2) is 45.2 Å². The first kappa shape index (κ1) is 16.2. The normalized spacial score (nSPS) is 30.6. The maximum atomic E-state index is 11.7. The second-order valence-electron chi connectivity index (χ2n) is 6.29. The maximum absolute atomic E-state index is 11.7. The first-order valence-corrected chi connectivity index (χ1v) is 9.98. The molecule has 2 fully saturated rings. The monoisotopic (exact) mass is 303 g/mol. The maximum Gasteiger partial charge on any atom is 0.150 e. The van der Waals surface area contributed by atoms with Crippen LogP contribution in [0.25, 0.3) is 0 Å². The van der Waals surface area contributed by atoms with Crippen LogP contribution in [0.1, 0.15) is 51.9 Å². The van der Waals surface area contributed by atoms with E-state index in [2.05, 4.69) is 12.2 Å². The van der Waals surface area contributed by atoms with Crippen LogP contribution in [0.15, 0.2) is 0 Å². The molecule has 2 rings (SSSR count). The third kappa shape index (κ3) is 5.01. The highest BCUT2D eigenvalue weighted by Crippen LogP contribution is 2.26. The second-order valence-corrected chi connectivity index (χ2v) is 8.52. The molecule has 0 saturated carbocycles. The van der Waals surface area contributed by atoms with Crippen molar-refractivity contribution in [3.63, 3.8) is 0 Å². The Morgan fingerprint density at radius 3 is 2.80 bits per heavy atom. The third-order valence-corrected chi connectivity index (χ3v) is 6.35. The number of ether oxygens (including phenoxy) is 1. The first-order chi connectivity index (χ1) is 9.61. The van der Waals surface area contributed by atoms with Gasteiger partial charge in [-0.2, -0.15) is 0 Å². The second kappa shape index (κ2) is 7.76. The van der Waals surface area contributed by atoms with E-state index in [9.17, 15) is 8.42 Å². The number of sulfone groups is 1. The van der Waals surface area contributed by atoms with Gasteiger partial charge in [-0.25, -0.2) is 8.42 Å². The Kier molecular flexibility index (Phi) is 6.30. The van der Waals surface area contributed by atoms with Gasteiger partial charge in [0.25, 0.3) is 0 Å². The van der Waals surface area contributed by atoms with Crippen LogP contribution in [-0.2, 0) is 14.6 Å². The van der Waals surface area contributed by atoms with E-state index in [-0.39, 0.29) is 0 Å². The van der Waals surface area contributed by atoms with E-state index in [0.717, 1.165) is 45.3 Å². The molecule has 5 heteroatoms. The molecule has 2 saturated heterocycles. The molecule has 0 aromatic carbocycles. The standard InChI is InChI=1S/C15H29NO3S/c1-2-9-16-15(13-8-11-20(17,18)12-13)7-3-5-14-6-4-10-19-14/h13-16H,2-12H2,1H3. The van der Waals surface area contributed by atoms with Crippen molar-refractivity contribution in [3.05, 3.63) is 0 Å². The van der Waals surface area contributed by atoms with Gasteiger partial charge < -0.3 is 10.1 Å². The molecule has 118 valence electrons. The molecule has 1 N–H and O–H groups in total. The summed E-state index contributed by atoms with van der Waals surface area (Å²) in [4.78, 5) is 0. The molecular formula is C15H29NO3S. The minimum atomic E-state index is -2.77. The highest BCUT2D eigenvalue weighted by molar-refractivity contribution is 7.91. The number of hydrogen-bond acceptors (Lipinski definition) is 4. The van der Waals surface area contributed by atoms with E-state index in [1.54, 1.807) is 0 Å². The molecule has 3 unspecified atom stereocenters. The molecule has 2 heterocycles. The molecule has 4 nitrogen and oxygen atoms in total. The molecule has 0 spiro atoms. The number of hydrogen-bond donors (Lipinski definition) is 1. The van der Waals surface area contributed by atoms with Gasteiger partial charge in [-0.05, 0) is 57.4 Å². The first-order valence-electron chi connectivity index (χ1n) is 8.16. The van der Waals surface area contributed by atoms with Crippen LogP contribution < -0.4 is 5.32 Å². The molecule has 3 atom stereocenters. The van der Waals surface area contributed by atoms with E-state index in [0.29, 0.717) is 29.6 Å². The molecule has 0 amide bonds. The molecule has 0 radical (unpaired) electrons. The number of rotatable bonds is 8. The van der Waals surface area contributed by atoms with Gasteiger partial charge in [-0.15, -0.1) is 0 Å². The van der Waals surface area contributed by atoms with E-state index >= 15 is 0 Å². The van der Waals surface area contributed by atoms with Gasteiger partial charge in [0, 0.05) is 12.6 Å². The lowest BCUT2D eigenvalue weighted by molar-refractivity contribution is 0.100. The van der Waals surface area contributed by atoms with Crippen molar-refractivity contribution >= 4 is 9.84 Å². The molecule has 2 aliphatic rings. The summed E-state index contributed by atoms with van der Waals surface area (Å²) in [6.07, 6.45) is 8.14. The number of nitrogens with one attached hydrogen (secondary N) is 1. The largest absolute Gasteiger partial charge is 0.378 e. The Bertz CT molecular complexity index is 377. The van der Waals surface area contributed by atoms with E-state index < -0.39 is 9.84 Å². The molecule has 0 aromatic heterocycles. The van der Waals surface area contributed by atoms with Gasteiger partial charge in [0.05, 0.1) is 17.6 Å². The van der Waals surface area contributed by atoms with Gasteiger partial charge in [0.2, 0.25) is 0 Å². The predicted octanol–water partition coefficient (Wildman–Crippen LogP) is 2.14. The van der Waals surface area contributed by atoms with Gasteiger partial charge in [0.1, 0.15) is 0 Å². The van der Waals surface area contributed by atoms with Crippen LogP contribution in [0.3, 0.4) is 0 Å². The smallest absolute Gasteiger partial charge is 0.150 e. The highest BCUT2D eigenvalue weighted by atomic mass is 32.2. The van der Waals surface area contributed by atoms with E-state index in [1.165, 1.54) is 12.8 Å². The summed E-state index contributed by atoms with van der Waals surface area (Å²) < 4.78 is 29.0. The molecule has 0 aromatic rings. The Labute approximate surface area is 123 Å². The molecule has 0 aliphatic carbocycles. The Morgan fingerprint density at radius 2 is 2.20 bits per heavy atom. The zero-order chi connectivity index (χ0) is 14.4. The van der Waals surface area contributed by atoms with E-state index in [1.807, 2.05) is 0 Å². The van der Waals surface area contributed by atoms with Gasteiger partial charge in [-0.3, -0.25) is 0 Å².